The van der Waals surface area contributed by atoms with Gasteiger partial charge < -0.3 is 9.47 Å². The van der Waals surface area contributed by atoms with Crippen LogP contribution in [0.5, 0.6) is 0 Å². The number of alkyl halides is 1. The van der Waals surface area contributed by atoms with Crippen molar-refractivity contribution in [2.75, 3.05) is 18.5 Å². The summed E-state index contributed by atoms with van der Waals surface area (Å²) < 4.78 is 11.0. The van der Waals surface area contributed by atoms with E-state index in [2.05, 4.69) is 41.6 Å². The Morgan fingerprint density at radius 2 is 1.62 bits per heavy atom. The minimum absolute atomic E-state index is 0.212. The first-order valence-corrected chi connectivity index (χ1v) is 10.7. The van der Waals surface area contributed by atoms with E-state index in [4.69, 9.17) is 9.47 Å². The fourth-order valence-corrected chi connectivity index (χ4v) is 2.61. The van der Waals surface area contributed by atoms with Gasteiger partial charge in [0, 0.05) is 18.2 Å². The van der Waals surface area contributed by atoms with Crippen LogP contribution in [0.15, 0.2) is 0 Å². The number of hydrogen-bond donors (Lipinski definition) is 0. The van der Waals surface area contributed by atoms with Crippen LogP contribution in [0.3, 0.4) is 0 Å². The largest absolute Gasteiger partial charge is 0.464 e. The fraction of sp³-hybridized carbons (Fsp3) is 0.850. The average molecular weight is 403 g/mol. The number of unbranched alkanes of at least 4 members (excludes halogenated alkanes) is 6. The first kappa shape index (κ1) is 23.5. The third-order valence-electron chi connectivity index (χ3n) is 3.66. The van der Waals surface area contributed by atoms with Gasteiger partial charge in [0.05, 0.1) is 13.2 Å². The second-order valence-corrected chi connectivity index (χ2v) is 6.77. The van der Waals surface area contributed by atoms with Crippen LogP contribution < -0.4 is 0 Å². The van der Waals surface area contributed by atoms with Crippen molar-refractivity contribution in [3.8, 4) is 11.8 Å². The minimum Gasteiger partial charge on any atom is -0.464 e. The van der Waals surface area contributed by atoms with Crippen molar-refractivity contribution in [1.82, 2.24) is 0 Å². The monoisotopic (exact) mass is 402 g/mol. The molecule has 4 heteroatoms. The Bertz CT molecular complexity index is 347. The maximum absolute atomic E-state index is 12.1. The van der Waals surface area contributed by atoms with Crippen molar-refractivity contribution in [2.45, 2.75) is 90.6 Å². The van der Waals surface area contributed by atoms with Gasteiger partial charge in [-0.05, 0) is 25.7 Å². The van der Waals surface area contributed by atoms with Gasteiger partial charge in [-0.3, -0.25) is 0 Å². The third kappa shape index (κ3) is 15.0. The van der Waals surface area contributed by atoms with Gasteiger partial charge in [-0.25, -0.2) is 4.79 Å². The molecular formula is C20H35BrO3. The van der Waals surface area contributed by atoms with Gasteiger partial charge >= 0.3 is 5.97 Å². The van der Waals surface area contributed by atoms with Crippen LogP contribution in [0.4, 0.5) is 0 Å². The number of carbonyl (C=O) groups excluding carboxylic acids is 1. The predicted octanol–water partition coefficient (Wildman–Crippen LogP) is 5.64. The lowest BCUT2D eigenvalue weighted by molar-refractivity contribution is -0.157. The molecule has 0 aromatic heterocycles. The Labute approximate surface area is 157 Å². The summed E-state index contributed by atoms with van der Waals surface area (Å²) in [4.78, 5) is 12.1. The molecule has 0 aromatic rings. The number of carbonyl (C=O) groups is 1. The molecule has 0 N–H and O–H groups in total. The maximum Gasteiger partial charge on any atom is 0.335 e. The number of esters is 1. The molecule has 3 nitrogen and oxygen atoms in total. The van der Waals surface area contributed by atoms with Gasteiger partial charge in [-0.15, -0.1) is 11.8 Å². The summed E-state index contributed by atoms with van der Waals surface area (Å²) in [6.07, 6.45) is 10.9. The van der Waals surface area contributed by atoms with Gasteiger partial charge in [0.1, 0.15) is 0 Å². The lowest BCUT2D eigenvalue weighted by Gasteiger charge is -2.15. The summed E-state index contributed by atoms with van der Waals surface area (Å²) in [5.74, 6) is 6.03. The summed E-state index contributed by atoms with van der Waals surface area (Å²) in [6.45, 7) is 5.23. The van der Waals surface area contributed by atoms with E-state index in [1.165, 1.54) is 25.7 Å². The molecule has 1 atom stereocenters. The van der Waals surface area contributed by atoms with Gasteiger partial charge in [0.25, 0.3) is 0 Å². The van der Waals surface area contributed by atoms with Crippen molar-refractivity contribution in [2.24, 2.45) is 0 Å². The second kappa shape index (κ2) is 18.8. The fourth-order valence-electron chi connectivity index (χ4n) is 2.22. The van der Waals surface area contributed by atoms with Crippen molar-refractivity contribution in [1.29, 1.82) is 0 Å². The van der Waals surface area contributed by atoms with Crippen LogP contribution in [-0.2, 0) is 14.3 Å². The van der Waals surface area contributed by atoms with Crippen LogP contribution in [0, 0.1) is 11.8 Å². The van der Waals surface area contributed by atoms with E-state index in [9.17, 15) is 4.79 Å². The van der Waals surface area contributed by atoms with Gasteiger partial charge in [-0.1, -0.05) is 61.9 Å². The standard InChI is InChI=1S/C20H35BrO3/c1-3-5-6-7-10-13-17-23-19(15-4-2)20(22)24-18-14-11-8-9-12-16-21/h19H,3-6,8-9,11-18H2,1-2H3. The number of rotatable bonds is 15. The summed E-state index contributed by atoms with van der Waals surface area (Å²) in [5.41, 5.74) is 0. The summed E-state index contributed by atoms with van der Waals surface area (Å²) >= 11 is 3.43. The molecule has 0 saturated carbocycles. The Kier molecular flexibility index (Phi) is 18.4. The van der Waals surface area contributed by atoms with E-state index in [-0.39, 0.29) is 5.97 Å². The minimum atomic E-state index is -0.430. The van der Waals surface area contributed by atoms with E-state index in [1.54, 1.807) is 0 Å². The zero-order valence-electron chi connectivity index (χ0n) is 15.6. The van der Waals surface area contributed by atoms with Crippen molar-refractivity contribution in [3.05, 3.63) is 0 Å². The molecule has 0 spiro atoms. The van der Waals surface area contributed by atoms with E-state index in [0.29, 0.717) is 26.1 Å². The molecule has 0 amide bonds. The Balaban J connectivity index is 3.81. The Hall–Kier alpha value is -0.530. The van der Waals surface area contributed by atoms with Crippen LogP contribution in [0.25, 0.3) is 0 Å². The molecule has 0 rings (SSSR count). The van der Waals surface area contributed by atoms with Crippen molar-refractivity contribution < 1.29 is 14.3 Å². The summed E-state index contributed by atoms with van der Waals surface area (Å²) in [7, 11) is 0. The predicted molar refractivity (Wildman–Crippen MR) is 104 cm³/mol. The zero-order valence-corrected chi connectivity index (χ0v) is 17.2. The van der Waals surface area contributed by atoms with E-state index in [0.717, 1.165) is 37.4 Å². The maximum atomic E-state index is 12.1. The normalized spacial score (nSPS) is 11.6. The molecule has 0 radical (unpaired) electrons. The highest BCUT2D eigenvalue weighted by atomic mass is 79.9. The molecule has 0 heterocycles. The van der Waals surface area contributed by atoms with Crippen LogP contribution in [-0.4, -0.2) is 30.6 Å². The molecule has 0 aromatic carbocycles. The highest BCUT2D eigenvalue weighted by Crippen LogP contribution is 2.08. The first-order chi connectivity index (χ1) is 11.8. The third-order valence-corrected chi connectivity index (χ3v) is 4.22. The topological polar surface area (TPSA) is 35.5 Å². The number of halogens is 1. The SMILES string of the molecule is CCCCC#CCCOC(CCC)C(=O)OCCCCCCCBr. The molecule has 0 saturated heterocycles. The molecular weight excluding hydrogens is 368 g/mol. The molecule has 0 aliphatic heterocycles. The summed E-state index contributed by atoms with van der Waals surface area (Å²) in [5, 5.41) is 1.07. The summed E-state index contributed by atoms with van der Waals surface area (Å²) in [6, 6.07) is 0. The first-order valence-electron chi connectivity index (χ1n) is 9.56. The average Bonchev–Trinajstić information content (AvgIpc) is 2.59. The molecule has 1 unspecified atom stereocenters. The quantitative estimate of drug-likeness (QED) is 0.154. The van der Waals surface area contributed by atoms with Crippen LogP contribution >= 0.6 is 15.9 Å². The molecule has 0 aliphatic carbocycles. The zero-order chi connectivity index (χ0) is 17.9. The lowest BCUT2D eigenvalue weighted by Crippen LogP contribution is -2.27. The van der Waals surface area contributed by atoms with Crippen LogP contribution in [0.1, 0.15) is 84.5 Å². The molecule has 140 valence electrons. The molecule has 0 bridgehead atoms. The van der Waals surface area contributed by atoms with E-state index < -0.39 is 6.10 Å². The number of hydrogen-bond acceptors (Lipinski definition) is 3. The Morgan fingerprint density at radius 3 is 2.33 bits per heavy atom. The van der Waals surface area contributed by atoms with Gasteiger partial charge in [0.15, 0.2) is 6.10 Å². The highest BCUT2D eigenvalue weighted by Gasteiger charge is 2.19. The number of ether oxygens (including phenoxy) is 2. The van der Waals surface area contributed by atoms with Crippen molar-refractivity contribution >= 4 is 21.9 Å². The van der Waals surface area contributed by atoms with E-state index >= 15 is 0 Å². The van der Waals surface area contributed by atoms with Gasteiger partial charge in [-0.2, -0.15) is 0 Å². The van der Waals surface area contributed by atoms with E-state index in [1.807, 2.05) is 0 Å². The Morgan fingerprint density at radius 1 is 0.917 bits per heavy atom. The smallest absolute Gasteiger partial charge is 0.335 e. The van der Waals surface area contributed by atoms with Crippen molar-refractivity contribution in [3.63, 3.8) is 0 Å². The molecule has 0 fully saturated rings. The highest BCUT2D eigenvalue weighted by molar-refractivity contribution is 9.09. The second-order valence-electron chi connectivity index (χ2n) is 5.98. The van der Waals surface area contributed by atoms with Crippen LogP contribution in [0.2, 0.25) is 0 Å². The van der Waals surface area contributed by atoms with Gasteiger partial charge in [0.2, 0.25) is 0 Å². The molecule has 0 aliphatic rings. The lowest BCUT2D eigenvalue weighted by atomic mass is 10.2. The molecule has 24 heavy (non-hydrogen) atoms.